The Morgan fingerprint density at radius 1 is 1.62 bits per heavy atom. The van der Waals surface area contributed by atoms with E-state index in [1.807, 2.05) is 0 Å². The summed E-state index contributed by atoms with van der Waals surface area (Å²) in [6, 6.07) is 1.79. The largest absolute Gasteiger partial charge is 0.290 e. The minimum Gasteiger partial charge on any atom is -0.258 e. The molecule has 4 nitrogen and oxygen atoms in total. The third-order valence-corrected chi connectivity index (χ3v) is 3.15. The highest BCUT2D eigenvalue weighted by molar-refractivity contribution is 9.09. The normalized spacial score (nSPS) is 12.4. The molecule has 0 bridgehead atoms. The summed E-state index contributed by atoms with van der Waals surface area (Å²) in [5.41, 5.74) is 1.66. The molecule has 0 N–H and O–H groups in total. The lowest BCUT2D eigenvalue weighted by atomic mass is 10.1. The van der Waals surface area contributed by atoms with Crippen LogP contribution in [0.4, 0.5) is 5.69 Å². The van der Waals surface area contributed by atoms with Crippen molar-refractivity contribution in [1.29, 1.82) is 0 Å². The van der Waals surface area contributed by atoms with E-state index in [2.05, 4.69) is 27.8 Å². The van der Waals surface area contributed by atoms with Crippen LogP contribution < -0.4 is 0 Å². The SMILES string of the molecule is CCCC(Br)Cc1cc(C)c([N+](=O)[O-])cn1. The lowest BCUT2D eigenvalue weighted by molar-refractivity contribution is -0.385. The van der Waals surface area contributed by atoms with Gasteiger partial charge in [0.1, 0.15) is 6.20 Å². The van der Waals surface area contributed by atoms with Gasteiger partial charge in [0.05, 0.1) is 4.92 Å². The molecular formula is C11H15BrN2O2. The van der Waals surface area contributed by atoms with Crippen molar-refractivity contribution in [2.24, 2.45) is 0 Å². The summed E-state index contributed by atoms with van der Waals surface area (Å²) >= 11 is 3.57. The summed E-state index contributed by atoms with van der Waals surface area (Å²) in [5.74, 6) is 0. The van der Waals surface area contributed by atoms with Crippen LogP contribution in [0.25, 0.3) is 0 Å². The van der Waals surface area contributed by atoms with Crippen molar-refractivity contribution < 1.29 is 4.92 Å². The topological polar surface area (TPSA) is 56.0 Å². The number of nitrogens with zero attached hydrogens (tertiary/aromatic N) is 2. The third-order valence-electron chi connectivity index (χ3n) is 2.37. The Morgan fingerprint density at radius 3 is 2.81 bits per heavy atom. The van der Waals surface area contributed by atoms with Gasteiger partial charge >= 0.3 is 0 Å². The van der Waals surface area contributed by atoms with E-state index in [-0.39, 0.29) is 5.69 Å². The number of alkyl halides is 1. The first-order chi connectivity index (χ1) is 7.54. The van der Waals surface area contributed by atoms with E-state index < -0.39 is 4.92 Å². The maximum absolute atomic E-state index is 10.6. The fraction of sp³-hybridized carbons (Fsp3) is 0.545. The Labute approximate surface area is 103 Å². The average Bonchev–Trinajstić information content (AvgIpc) is 2.17. The molecule has 88 valence electrons. The zero-order chi connectivity index (χ0) is 12.1. The monoisotopic (exact) mass is 286 g/mol. The zero-order valence-electron chi connectivity index (χ0n) is 9.44. The number of halogens is 1. The molecule has 1 heterocycles. The number of hydrogen-bond acceptors (Lipinski definition) is 3. The van der Waals surface area contributed by atoms with Gasteiger partial charge < -0.3 is 0 Å². The lowest BCUT2D eigenvalue weighted by Crippen LogP contribution is -2.05. The van der Waals surface area contributed by atoms with Gasteiger partial charge in [0.15, 0.2) is 0 Å². The molecule has 1 aromatic heterocycles. The Bertz CT molecular complexity index is 382. The van der Waals surface area contributed by atoms with Gasteiger partial charge in [-0.2, -0.15) is 0 Å². The number of nitro groups is 1. The first kappa shape index (κ1) is 13.1. The molecule has 16 heavy (non-hydrogen) atoms. The van der Waals surface area contributed by atoms with Gasteiger partial charge in [0.25, 0.3) is 5.69 Å². The lowest BCUT2D eigenvalue weighted by Gasteiger charge is -2.07. The molecule has 0 spiro atoms. The van der Waals surface area contributed by atoms with Crippen LogP contribution in [-0.4, -0.2) is 14.7 Å². The van der Waals surface area contributed by atoms with Crippen molar-refractivity contribution in [3.05, 3.63) is 33.6 Å². The van der Waals surface area contributed by atoms with Crippen LogP contribution in [0.1, 0.15) is 31.0 Å². The highest BCUT2D eigenvalue weighted by atomic mass is 79.9. The second kappa shape index (κ2) is 5.94. The van der Waals surface area contributed by atoms with E-state index in [9.17, 15) is 10.1 Å². The summed E-state index contributed by atoms with van der Waals surface area (Å²) in [7, 11) is 0. The summed E-state index contributed by atoms with van der Waals surface area (Å²) in [4.78, 5) is 14.7. The molecule has 0 saturated heterocycles. The van der Waals surface area contributed by atoms with E-state index in [1.54, 1.807) is 13.0 Å². The quantitative estimate of drug-likeness (QED) is 0.474. The van der Waals surface area contributed by atoms with Gasteiger partial charge in [-0.3, -0.25) is 15.1 Å². The highest BCUT2D eigenvalue weighted by Gasteiger charge is 2.13. The molecule has 1 unspecified atom stereocenters. The molecule has 0 radical (unpaired) electrons. The summed E-state index contributed by atoms with van der Waals surface area (Å²) < 4.78 is 0. The van der Waals surface area contributed by atoms with Gasteiger partial charge in [-0.15, -0.1) is 0 Å². The minimum atomic E-state index is -0.399. The Hall–Kier alpha value is -0.970. The second-order valence-electron chi connectivity index (χ2n) is 3.81. The molecule has 1 rings (SSSR count). The highest BCUT2D eigenvalue weighted by Crippen LogP contribution is 2.19. The van der Waals surface area contributed by atoms with E-state index in [1.165, 1.54) is 6.20 Å². The van der Waals surface area contributed by atoms with Gasteiger partial charge in [0, 0.05) is 22.5 Å². The molecule has 0 aliphatic heterocycles. The number of hydrogen-bond donors (Lipinski definition) is 0. The Kier molecular flexibility index (Phi) is 4.86. The molecule has 0 amide bonds. The van der Waals surface area contributed by atoms with Gasteiger partial charge in [0.2, 0.25) is 0 Å². The van der Waals surface area contributed by atoms with Crippen LogP contribution >= 0.6 is 15.9 Å². The molecule has 0 aliphatic carbocycles. The summed E-state index contributed by atoms with van der Waals surface area (Å²) in [6.45, 7) is 3.87. The molecule has 1 atom stereocenters. The molecule has 0 saturated carbocycles. The second-order valence-corrected chi connectivity index (χ2v) is 5.10. The maximum atomic E-state index is 10.6. The van der Waals surface area contributed by atoms with E-state index >= 15 is 0 Å². The van der Waals surface area contributed by atoms with Crippen molar-refractivity contribution in [2.75, 3.05) is 0 Å². The van der Waals surface area contributed by atoms with E-state index in [0.717, 1.165) is 25.0 Å². The van der Waals surface area contributed by atoms with Crippen LogP contribution in [0.15, 0.2) is 12.3 Å². The summed E-state index contributed by atoms with van der Waals surface area (Å²) in [5, 5.41) is 10.6. The zero-order valence-corrected chi connectivity index (χ0v) is 11.0. The smallest absolute Gasteiger partial charge is 0.258 e. The molecule has 0 fully saturated rings. The van der Waals surface area contributed by atoms with Crippen LogP contribution in [0.5, 0.6) is 0 Å². The first-order valence-corrected chi connectivity index (χ1v) is 6.20. The fourth-order valence-corrected chi connectivity index (χ4v) is 2.34. The van der Waals surface area contributed by atoms with Crippen molar-refractivity contribution in [1.82, 2.24) is 4.98 Å². The standard InChI is InChI=1S/C11H15BrN2O2/c1-3-4-9(12)6-10-5-8(2)11(7-13-10)14(15)16/h5,7,9H,3-4,6H2,1-2H3. The maximum Gasteiger partial charge on any atom is 0.290 e. The summed E-state index contributed by atoms with van der Waals surface area (Å²) in [6.07, 6.45) is 4.35. The van der Waals surface area contributed by atoms with Crippen molar-refractivity contribution >= 4 is 21.6 Å². The molecule has 5 heteroatoms. The van der Waals surface area contributed by atoms with Crippen molar-refractivity contribution in [3.63, 3.8) is 0 Å². The van der Waals surface area contributed by atoms with E-state index in [4.69, 9.17) is 0 Å². The Morgan fingerprint density at radius 2 is 2.31 bits per heavy atom. The van der Waals surface area contributed by atoms with Crippen molar-refractivity contribution in [2.45, 2.75) is 37.9 Å². The van der Waals surface area contributed by atoms with Crippen molar-refractivity contribution in [3.8, 4) is 0 Å². The predicted octanol–water partition coefficient (Wildman–Crippen LogP) is 3.40. The van der Waals surface area contributed by atoms with E-state index in [0.29, 0.717) is 10.4 Å². The average molecular weight is 287 g/mol. The fourth-order valence-electron chi connectivity index (χ4n) is 1.55. The van der Waals surface area contributed by atoms with Crippen LogP contribution in [-0.2, 0) is 6.42 Å². The molecular weight excluding hydrogens is 272 g/mol. The van der Waals surface area contributed by atoms with Crippen LogP contribution in [0.2, 0.25) is 0 Å². The van der Waals surface area contributed by atoms with Crippen LogP contribution in [0.3, 0.4) is 0 Å². The number of rotatable bonds is 5. The third kappa shape index (κ3) is 3.56. The molecule has 0 aliphatic rings. The first-order valence-electron chi connectivity index (χ1n) is 5.28. The molecule has 0 aromatic carbocycles. The Balaban J connectivity index is 2.77. The van der Waals surface area contributed by atoms with Gasteiger partial charge in [-0.25, -0.2) is 0 Å². The molecule has 1 aromatic rings. The van der Waals surface area contributed by atoms with Crippen LogP contribution in [0, 0.1) is 17.0 Å². The number of aromatic nitrogens is 1. The number of pyridine rings is 1. The number of aryl methyl sites for hydroxylation is 1. The van der Waals surface area contributed by atoms with Gasteiger partial charge in [-0.05, 0) is 19.4 Å². The minimum absolute atomic E-state index is 0.0883. The van der Waals surface area contributed by atoms with Gasteiger partial charge in [-0.1, -0.05) is 29.3 Å². The predicted molar refractivity (Wildman–Crippen MR) is 67.0 cm³/mol.